The van der Waals surface area contributed by atoms with Gasteiger partial charge in [0.15, 0.2) is 5.88 Å². The molecule has 0 aliphatic carbocycles. The minimum absolute atomic E-state index is 0.0115. The van der Waals surface area contributed by atoms with Crippen molar-refractivity contribution in [3.05, 3.63) is 59.5 Å². The number of rotatable bonds is 6. The molecule has 0 aromatic heterocycles. The van der Waals surface area contributed by atoms with Crippen molar-refractivity contribution in [1.29, 1.82) is 5.26 Å². The molecule has 1 aromatic carbocycles. The summed E-state index contributed by atoms with van der Waals surface area (Å²) < 4.78 is 5.01. The van der Waals surface area contributed by atoms with E-state index >= 15 is 0 Å². The van der Waals surface area contributed by atoms with Crippen LogP contribution in [0.5, 0.6) is 0 Å². The van der Waals surface area contributed by atoms with E-state index in [4.69, 9.17) is 10.00 Å². The van der Waals surface area contributed by atoms with E-state index in [0.29, 0.717) is 17.4 Å². The van der Waals surface area contributed by atoms with Crippen LogP contribution in [0.25, 0.3) is 0 Å². The molecule has 0 radical (unpaired) electrons. The number of benzene rings is 1. The van der Waals surface area contributed by atoms with Crippen molar-refractivity contribution in [2.45, 2.75) is 38.6 Å². The average molecular weight is 353 g/mol. The van der Waals surface area contributed by atoms with Gasteiger partial charge in [-0.3, -0.25) is 4.79 Å². The topological polar surface area (TPSA) is 65.4 Å². The Balaban J connectivity index is 1.90. The second-order valence-corrected chi connectivity index (χ2v) is 6.72. The number of hydrogen-bond acceptors (Lipinski definition) is 4. The Morgan fingerprint density at radius 2 is 2.00 bits per heavy atom. The highest BCUT2D eigenvalue weighted by molar-refractivity contribution is 5.88. The van der Waals surface area contributed by atoms with E-state index < -0.39 is 0 Å². The lowest BCUT2D eigenvalue weighted by atomic mass is 9.89. The lowest BCUT2D eigenvalue weighted by Crippen LogP contribution is -2.37. The van der Waals surface area contributed by atoms with Crippen molar-refractivity contribution >= 4 is 5.91 Å². The number of methoxy groups -OCH3 is 1. The Morgan fingerprint density at radius 1 is 1.38 bits per heavy atom. The minimum Gasteiger partial charge on any atom is -0.483 e. The summed E-state index contributed by atoms with van der Waals surface area (Å²) in [5.74, 6) is 0.987. The van der Waals surface area contributed by atoms with Crippen molar-refractivity contribution in [2.24, 2.45) is 0 Å². The molecule has 2 rings (SSSR count). The number of likely N-dealkylation sites (tertiary alicyclic amines) is 1. The zero-order valence-electron chi connectivity index (χ0n) is 15.8. The van der Waals surface area contributed by atoms with Gasteiger partial charge < -0.3 is 15.0 Å². The van der Waals surface area contributed by atoms with Gasteiger partial charge >= 0.3 is 0 Å². The van der Waals surface area contributed by atoms with Crippen LogP contribution in [0.3, 0.4) is 0 Å². The number of piperidine rings is 1. The molecule has 0 spiro atoms. The number of nitrogens with zero attached hydrogens (tertiary/aromatic N) is 2. The molecular weight excluding hydrogens is 326 g/mol. The summed E-state index contributed by atoms with van der Waals surface area (Å²) in [6.07, 6.45) is 3.58. The average Bonchev–Trinajstić information content (AvgIpc) is 2.67. The molecule has 1 aliphatic rings. The Kier molecular flexibility index (Phi) is 6.85. The largest absolute Gasteiger partial charge is 0.483 e. The molecule has 1 aliphatic heterocycles. The fourth-order valence-corrected chi connectivity index (χ4v) is 3.09. The van der Waals surface area contributed by atoms with Gasteiger partial charge in [0.25, 0.3) is 0 Å². The van der Waals surface area contributed by atoms with Crippen molar-refractivity contribution in [3.63, 3.8) is 0 Å². The summed E-state index contributed by atoms with van der Waals surface area (Å²) in [7, 11) is 1.56. The van der Waals surface area contributed by atoms with Gasteiger partial charge in [-0.05, 0) is 62.5 Å². The maximum absolute atomic E-state index is 12.5. The summed E-state index contributed by atoms with van der Waals surface area (Å²) >= 11 is 0. The fraction of sp³-hybridized carbons (Fsp3) is 0.429. The van der Waals surface area contributed by atoms with Crippen LogP contribution in [0.2, 0.25) is 0 Å². The maximum Gasteiger partial charge on any atom is 0.246 e. The van der Waals surface area contributed by atoms with Gasteiger partial charge in [0.05, 0.1) is 18.7 Å². The normalized spacial score (nSPS) is 16.5. The molecule has 1 N–H and O–H groups in total. The molecule has 138 valence electrons. The van der Waals surface area contributed by atoms with Crippen LogP contribution in [0.15, 0.2) is 48.4 Å². The first-order chi connectivity index (χ1) is 12.4. The molecule has 0 bridgehead atoms. The van der Waals surface area contributed by atoms with Gasteiger partial charge in [-0.25, -0.2) is 0 Å². The third-order valence-corrected chi connectivity index (χ3v) is 4.98. The minimum atomic E-state index is -0.0115. The number of amides is 1. The van der Waals surface area contributed by atoms with Crippen LogP contribution >= 0.6 is 0 Å². The molecule has 5 nitrogen and oxygen atoms in total. The van der Waals surface area contributed by atoms with E-state index in [2.05, 4.69) is 18.0 Å². The fourth-order valence-electron chi connectivity index (χ4n) is 3.09. The quantitative estimate of drug-likeness (QED) is 0.629. The standard InChI is InChI=1S/C21H27N3O2/c1-15(16(2)23-17(3)26-4)13-21(25)24-11-9-20(10-12-24)19-7-5-18(14-22)6-8-19/h5-8,13,16,20,23H,3,9-12H2,1-2,4H3/b15-13+. The Hall–Kier alpha value is -2.74. The van der Waals surface area contributed by atoms with Crippen molar-refractivity contribution in [3.8, 4) is 6.07 Å². The van der Waals surface area contributed by atoms with Crippen LogP contribution in [-0.2, 0) is 9.53 Å². The number of nitriles is 1. The van der Waals surface area contributed by atoms with E-state index in [0.717, 1.165) is 31.5 Å². The molecule has 0 saturated carbocycles. The van der Waals surface area contributed by atoms with Gasteiger partial charge in [0.2, 0.25) is 5.91 Å². The van der Waals surface area contributed by atoms with Gasteiger partial charge in [-0.2, -0.15) is 5.26 Å². The van der Waals surface area contributed by atoms with Crippen molar-refractivity contribution in [2.75, 3.05) is 20.2 Å². The molecule has 1 heterocycles. The highest BCUT2D eigenvalue weighted by Gasteiger charge is 2.23. The third kappa shape index (κ3) is 5.13. The summed E-state index contributed by atoms with van der Waals surface area (Å²) in [4.78, 5) is 14.4. The van der Waals surface area contributed by atoms with Gasteiger partial charge in [0, 0.05) is 25.2 Å². The third-order valence-electron chi connectivity index (χ3n) is 4.98. The number of hydrogen-bond donors (Lipinski definition) is 1. The predicted molar refractivity (Wildman–Crippen MR) is 102 cm³/mol. The Labute approximate surface area is 155 Å². The smallest absolute Gasteiger partial charge is 0.246 e. The molecule has 1 saturated heterocycles. The second kappa shape index (κ2) is 9.10. The van der Waals surface area contributed by atoms with E-state index in [1.807, 2.05) is 43.0 Å². The summed E-state index contributed by atoms with van der Waals surface area (Å²) in [6, 6.07) is 9.91. The van der Waals surface area contributed by atoms with Crippen LogP contribution in [0.4, 0.5) is 0 Å². The van der Waals surface area contributed by atoms with Crippen LogP contribution < -0.4 is 5.32 Å². The molecule has 5 heteroatoms. The van der Waals surface area contributed by atoms with Crippen molar-refractivity contribution in [1.82, 2.24) is 10.2 Å². The van der Waals surface area contributed by atoms with Crippen LogP contribution in [-0.4, -0.2) is 37.0 Å². The summed E-state index contributed by atoms with van der Waals surface area (Å²) in [6.45, 7) is 9.14. The molecular formula is C21H27N3O2. The number of carbonyl (C=O) groups is 1. The van der Waals surface area contributed by atoms with E-state index in [-0.39, 0.29) is 11.9 Å². The molecule has 1 unspecified atom stereocenters. The second-order valence-electron chi connectivity index (χ2n) is 6.72. The zero-order chi connectivity index (χ0) is 19.1. The summed E-state index contributed by atoms with van der Waals surface area (Å²) in [5.41, 5.74) is 2.88. The molecule has 1 atom stereocenters. The zero-order valence-corrected chi connectivity index (χ0v) is 15.8. The number of carbonyl (C=O) groups excluding carboxylic acids is 1. The first-order valence-corrected chi connectivity index (χ1v) is 8.91. The van der Waals surface area contributed by atoms with Gasteiger partial charge in [-0.15, -0.1) is 0 Å². The van der Waals surface area contributed by atoms with E-state index in [1.165, 1.54) is 5.56 Å². The Morgan fingerprint density at radius 3 is 2.54 bits per heavy atom. The highest BCUT2D eigenvalue weighted by Crippen LogP contribution is 2.28. The first kappa shape index (κ1) is 19.6. The monoisotopic (exact) mass is 353 g/mol. The number of ether oxygens (including phenoxy) is 1. The lowest BCUT2D eigenvalue weighted by molar-refractivity contribution is -0.127. The Bertz CT molecular complexity index is 708. The highest BCUT2D eigenvalue weighted by atomic mass is 16.5. The van der Waals surface area contributed by atoms with Gasteiger partial charge in [0.1, 0.15) is 0 Å². The van der Waals surface area contributed by atoms with E-state index in [9.17, 15) is 4.79 Å². The lowest BCUT2D eigenvalue weighted by Gasteiger charge is -2.32. The molecule has 1 amide bonds. The maximum atomic E-state index is 12.5. The molecule has 1 fully saturated rings. The number of nitrogens with one attached hydrogen (secondary N) is 1. The van der Waals surface area contributed by atoms with Crippen LogP contribution in [0, 0.1) is 11.3 Å². The molecule has 26 heavy (non-hydrogen) atoms. The molecule has 1 aromatic rings. The predicted octanol–water partition coefficient (Wildman–Crippen LogP) is 3.31. The van der Waals surface area contributed by atoms with Crippen molar-refractivity contribution < 1.29 is 9.53 Å². The van der Waals surface area contributed by atoms with Crippen LogP contribution in [0.1, 0.15) is 43.7 Å². The summed E-state index contributed by atoms with van der Waals surface area (Å²) in [5, 5.41) is 12.0. The van der Waals surface area contributed by atoms with Gasteiger partial charge in [-0.1, -0.05) is 12.1 Å². The SMILES string of the molecule is C=C(NC(C)/C(C)=C/C(=O)N1CCC(c2ccc(C#N)cc2)CC1)OC. The van der Waals surface area contributed by atoms with E-state index in [1.54, 1.807) is 13.2 Å². The first-order valence-electron chi connectivity index (χ1n) is 8.91.